The van der Waals surface area contributed by atoms with Crippen LogP contribution in [-0.4, -0.2) is 17.1 Å². The molecule has 1 aliphatic carbocycles. The number of hydrogen-bond acceptors (Lipinski definition) is 4. The Balaban J connectivity index is 1.95. The van der Waals surface area contributed by atoms with Gasteiger partial charge in [-0.05, 0) is 25.0 Å². The second kappa shape index (κ2) is 7.20. The van der Waals surface area contributed by atoms with Crippen LogP contribution in [0, 0.1) is 10.1 Å². The van der Waals surface area contributed by atoms with Crippen molar-refractivity contribution in [2.24, 2.45) is 5.73 Å². The van der Waals surface area contributed by atoms with Gasteiger partial charge in [-0.25, -0.2) is 0 Å². The van der Waals surface area contributed by atoms with Crippen LogP contribution in [0.3, 0.4) is 0 Å². The third-order valence-corrected chi connectivity index (χ3v) is 4.23. The van der Waals surface area contributed by atoms with Crippen LogP contribution in [0.15, 0.2) is 18.2 Å². The van der Waals surface area contributed by atoms with Crippen LogP contribution in [0.2, 0.25) is 5.02 Å². The first kappa shape index (κ1) is 16.2. The molecule has 1 aliphatic rings. The highest BCUT2D eigenvalue weighted by atomic mass is 35.5. The van der Waals surface area contributed by atoms with Gasteiger partial charge in [0.15, 0.2) is 0 Å². The summed E-state index contributed by atoms with van der Waals surface area (Å²) < 4.78 is 5.68. The van der Waals surface area contributed by atoms with Gasteiger partial charge in [-0.3, -0.25) is 10.1 Å². The molecule has 21 heavy (non-hydrogen) atoms. The van der Waals surface area contributed by atoms with Gasteiger partial charge in [-0.15, -0.1) is 0 Å². The molecular formula is C15H21ClN2O3. The minimum Gasteiger partial charge on any atom is -0.375 e. The molecule has 0 unspecified atom stereocenters. The van der Waals surface area contributed by atoms with Crippen LogP contribution in [0.5, 0.6) is 0 Å². The standard InChI is InChI=1S/C15H21ClN2O3/c16-13-6-5-12(14(9-13)18(19)20)10-21-11-15(17)7-3-1-2-4-8-15/h5-6,9H,1-4,7-8,10-11,17H2. The lowest BCUT2D eigenvalue weighted by molar-refractivity contribution is -0.386. The molecule has 2 N–H and O–H groups in total. The highest BCUT2D eigenvalue weighted by Crippen LogP contribution is 2.27. The average molecular weight is 313 g/mol. The largest absolute Gasteiger partial charge is 0.375 e. The molecule has 0 radical (unpaired) electrons. The van der Waals surface area contributed by atoms with Gasteiger partial charge < -0.3 is 10.5 Å². The molecule has 0 aliphatic heterocycles. The fraction of sp³-hybridized carbons (Fsp3) is 0.600. The van der Waals surface area contributed by atoms with E-state index in [1.165, 1.54) is 18.9 Å². The molecule has 1 aromatic rings. The number of halogens is 1. The molecule has 0 heterocycles. The van der Waals surface area contributed by atoms with Crippen LogP contribution in [0.25, 0.3) is 0 Å². The lowest BCUT2D eigenvalue weighted by Crippen LogP contribution is -2.43. The monoisotopic (exact) mass is 312 g/mol. The van der Waals surface area contributed by atoms with E-state index < -0.39 is 4.92 Å². The summed E-state index contributed by atoms with van der Waals surface area (Å²) in [5.74, 6) is 0. The minimum atomic E-state index is -0.436. The van der Waals surface area contributed by atoms with Gasteiger partial charge in [0, 0.05) is 16.6 Å². The summed E-state index contributed by atoms with van der Waals surface area (Å²) in [6.07, 6.45) is 6.61. The summed E-state index contributed by atoms with van der Waals surface area (Å²) in [4.78, 5) is 10.6. The zero-order valence-corrected chi connectivity index (χ0v) is 12.8. The molecule has 1 fully saturated rings. The third-order valence-electron chi connectivity index (χ3n) is 3.99. The van der Waals surface area contributed by atoms with E-state index in [0.29, 0.717) is 17.2 Å². The smallest absolute Gasteiger partial charge is 0.276 e. The van der Waals surface area contributed by atoms with Crippen molar-refractivity contribution in [1.82, 2.24) is 0 Å². The topological polar surface area (TPSA) is 78.4 Å². The van der Waals surface area contributed by atoms with Gasteiger partial charge in [0.25, 0.3) is 5.69 Å². The predicted octanol–water partition coefficient (Wildman–Crippen LogP) is 3.82. The van der Waals surface area contributed by atoms with Crippen molar-refractivity contribution in [3.05, 3.63) is 38.9 Å². The first-order chi connectivity index (χ1) is 10.0. The highest BCUT2D eigenvalue weighted by molar-refractivity contribution is 6.30. The Bertz CT molecular complexity index is 500. The fourth-order valence-electron chi connectivity index (χ4n) is 2.77. The number of benzene rings is 1. The summed E-state index contributed by atoms with van der Waals surface area (Å²) in [7, 11) is 0. The summed E-state index contributed by atoms with van der Waals surface area (Å²) in [6, 6.07) is 4.62. The zero-order valence-electron chi connectivity index (χ0n) is 12.0. The average Bonchev–Trinajstić information content (AvgIpc) is 2.65. The molecule has 6 heteroatoms. The number of nitrogens with zero attached hydrogens (tertiary/aromatic N) is 1. The Morgan fingerprint density at radius 2 is 1.95 bits per heavy atom. The van der Waals surface area contributed by atoms with Crippen molar-refractivity contribution >= 4 is 17.3 Å². The van der Waals surface area contributed by atoms with Crippen LogP contribution in [0.4, 0.5) is 5.69 Å². The summed E-state index contributed by atoms with van der Waals surface area (Å²) in [5.41, 5.74) is 6.60. The van der Waals surface area contributed by atoms with E-state index in [2.05, 4.69) is 0 Å². The number of hydrogen-bond donors (Lipinski definition) is 1. The zero-order chi connectivity index (χ0) is 15.3. The molecule has 2 rings (SSSR count). The molecule has 0 spiro atoms. The van der Waals surface area contributed by atoms with Crippen LogP contribution >= 0.6 is 11.6 Å². The first-order valence-corrected chi connectivity index (χ1v) is 7.67. The molecule has 1 saturated carbocycles. The minimum absolute atomic E-state index is 0.00515. The fourth-order valence-corrected chi connectivity index (χ4v) is 2.94. The van der Waals surface area contributed by atoms with Crippen LogP contribution < -0.4 is 5.73 Å². The Hall–Kier alpha value is -1.17. The van der Waals surface area contributed by atoms with Gasteiger partial charge in [0.2, 0.25) is 0 Å². The summed E-state index contributed by atoms with van der Waals surface area (Å²) in [5, 5.41) is 11.4. The van der Waals surface area contributed by atoms with Crippen molar-refractivity contribution in [2.75, 3.05) is 6.61 Å². The van der Waals surface area contributed by atoms with E-state index in [0.717, 1.165) is 25.7 Å². The van der Waals surface area contributed by atoms with Crippen molar-refractivity contribution < 1.29 is 9.66 Å². The number of nitro groups is 1. The predicted molar refractivity (Wildman–Crippen MR) is 82.4 cm³/mol. The molecule has 5 nitrogen and oxygen atoms in total. The van der Waals surface area contributed by atoms with Gasteiger partial charge in [0.05, 0.1) is 23.7 Å². The summed E-state index contributed by atoms with van der Waals surface area (Å²) in [6.45, 7) is 0.624. The maximum Gasteiger partial charge on any atom is 0.276 e. The first-order valence-electron chi connectivity index (χ1n) is 7.30. The quantitative estimate of drug-likeness (QED) is 0.509. The molecule has 0 saturated heterocycles. The summed E-state index contributed by atoms with van der Waals surface area (Å²) >= 11 is 5.79. The maximum absolute atomic E-state index is 11.0. The van der Waals surface area contributed by atoms with E-state index in [-0.39, 0.29) is 17.8 Å². The van der Waals surface area contributed by atoms with Crippen molar-refractivity contribution in [3.8, 4) is 0 Å². The normalized spacial score (nSPS) is 18.2. The molecule has 0 aromatic heterocycles. The van der Waals surface area contributed by atoms with E-state index in [4.69, 9.17) is 22.1 Å². The van der Waals surface area contributed by atoms with Crippen LogP contribution in [-0.2, 0) is 11.3 Å². The lowest BCUT2D eigenvalue weighted by Gasteiger charge is -2.27. The molecule has 0 bridgehead atoms. The second-order valence-electron chi connectivity index (χ2n) is 5.80. The molecule has 0 atom stereocenters. The molecular weight excluding hydrogens is 292 g/mol. The van der Waals surface area contributed by atoms with Gasteiger partial charge in [0.1, 0.15) is 0 Å². The molecule has 116 valence electrons. The Labute approximate surface area is 129 Å². The SMILES string of the molecule is NC1(COCc2ccc(Cl)cc2[N+](=O)[O-])CCCCCC1. The van der Waals surface area contributed by atoms with Gasteiger partial charge in [-0.1, -0.05) is 37.3 Å². The van der Waals surface area contributed by atoms with Gasteiger partial charge >= 0.3 is 0 Å². The number of ether oxygens (including phenoxy) is 1. The Morgan fingerprint density at radius 3 is 2.57 bits per heavy atom. The number of rotatable bonds is 5. The van der Waals surface area contributed by atoms with E-state index in [1.807, 2.05) is 0 Å². The molecule has 1 aromatic carbocycles. The molecule has 0 amide bonds. The van der Waals surface area contributed by atoms with E-state index in [1.54, 1.807) is 12.1 Å². The maximum atomic E-state index is 11.0. The highest BCUT2D eigenvalue weighted by Gasteiger charge is 2.26. The Kier molecular flexibility index (Phi) is 5.56. The van der Waals surface area contributed by atoms with Gasteiger partial charge in [-0.2, -0.15) is 0 Å². The van der Waals surface area contributed by atoms with E-state index in [9.17, 15) is 10.1 Å². The Morgan fingerprint density at radius 1 is 1.29 bits per heavy atom. The van der Waals surface area contributed by atoms with Crippen molar-refractivity contribution in [1.29, 1.82) is 0 Å². The number of nitrogens with two attached hydrogens (primary N) is 1. The van der Waals surface area contributed by atoms with Crippen LogP contribution in [0.1, 0.15) is 44.1 Å². The third kappa shape index (κ3) is 4.66. The van der Waals surface area contributed by atoms with E-state index >= 15 is 0 Å². The number of nitro benzene ring substituents is 1. The second-order valence-corrected chi connectivity index (χ2v) is 6.24. The lowest BCUT2D eigenvalue weighted by atomic mass is 9.92. The van der Waals surface area contributed by atoms with Crippen molar-refractivity contribution in [2.45, 2.75) is 50.7 Å². The van der Waals surface area contributed by atoms with Crippen molar-refractivity contribution in [3.63, 3.8) is 0 Å².